The molecule has 0 saturated heterocycles. The highest BCUT2D eigenvalue weighted by atomic mass is 35.5. The summed E-state index contributed by atoms with van der Waals surface area (Å²) in [5.74, 6) is 0.234. The number of rotatable bonds is 3. The van der Waals surface area contributed by atoms with Crippen molar-refractivity contribution in [1.82, 2.24) is 4.98 Å². The minimum Gasteiger partial charge on any atom is -0.321 e. The first kappa shape index (κ1) is 13.6. The largest absolute Gasteiger partial charge is 0.321 e. The van der Waals surface area contributed by atoms with Crippen LogP contribution in [0.25, 0.3) is 10.9 Å². The number of fused-ring (bicyclic) bond motifs is 1. The molecule has 0 atom stereocenters. The fourth-order valence-corrected chi connectivity index (χ4v) is 2.37. The summed E-state index contributed by atoms with van der Waals surface area (Å²) in [6.07, 6.45) is 1.73. The van der Waals surface area contributed by atoms with E-state index in [0.29, 0.717) is 11.4 Å². The molecule has 0 spiro atoms. The zero-order valence-corrected chi connectivity index (χ0v) is 12.0. The topological polar surface area (TPSA) is 42.0 Å². The quantitative estimate of drug-likeness (QED) is 0.735. The molecule has 3 nitrogen and oxygen atoms in total. The number of amides is 1. The molecule has 4 heteroatoms. The summed E-state index contributed by atoms with van der Waals surface area (Å²) in [6.45, 7) is 0. The number of hydrogen-bond acceptors (Lipinski definition) is 2. The molecule has 0 unspecified atom stereocenters. The highest BCUT2D eigenvalue weighted by molar-refractivity contribution is 6.17. The van der Waals surface area contributed by atoms with E-state index in [1.54, 1.807) is 18.3 Å². The van der Waals surface area contributed by atoms with Gasteiger partial charge in [-0.2, -0.15) is 0 Å². The second-order valence-electron chi connectivity index (χ2n) is 4.66. The molecule has 1 N–H and O–H groups in total. The molecule has 3 aromatic rings. The maximum atomic E-state index is 12.4. The Morgan fingerprint density at radius 3 is 2.81 bits per heavy atom. The van der Waals surface area contributed by atoms with Crippen LogP contribution in [0.4, 0.5) is 5.69 Å². The second kappa shape index (κ2) is 5.94. The summed E-state index contributed by atoms with van der Waals surface area (Å²) in [5, 5.41) is 3.85. The van der Waals surface area contributed by atoms with E-state index in [1.165, 1.54) is 0 Å². The van der Waals surface area contributed by atoms with Crippen LogP contribution in [0.5, 0.6) is 0 Å². The SMILES string of the molecule is O=C(Nc1cccc2ncccc12)c1cccc(CCl)c1. The molecule has 1 heterocycles. The molecule has 0 aliphatic heterocycles. The van der Waals surface area contributed by atoms with E-state index in [2.05, 4.69) is 10.3 Å². The lowest BCUT2D eigenvalue weighted by molar-refractivity contribution is 0.102. The smallest absolute Gasteiger partial charge is 0.255 e. The summed E-state index contributed by atoms with van der Waals surface area (Å²) in [7, 11) is 0. The van der Waals surface area contributed by atoms with Crippen molar-refractivity contribution in [2.45, 2.75) is 5.88 Å². The van der Waals surface area contributed by atoms with Crippen molar-refractivity contribution in [1.29, 1.82) is 0 Å². The Bertz CT molecular complexity index is 796. The predicted molar refractivity (Wildman–Crippen MR) is 85.7 cm³/mol. The molecule has 0 bridgehead atoms. The number of aromatic nitrogens is 1. The van der Waals surface area contributed by atoms with Crippen molar-refractivity contribution in [2.75, 3.05) is 5.32 Å². The van der Waals surface area contributed by atoms with Gasteiger partial charge in [0.05, 0.1) is 11.2 Å². The fraction of sp³-hybridized carbons (Fsp3) is 0.0588. The Hall–Kier alpha value is -2.39. The Morgan fingerprint density at radius 2 is 1.95 bits per heavy atom. The van der Waals surface area contributed by atoms with Gasteiger partial charge in [0.1, 0.15) is 0 Å². The summed E-state index contributed by atoms with van der Waals surface area (Å²) in [5.41, 5.74) is 3.12. The molecule has 1 amide bonds. The van der Waals surface area contributed by atoms with Crippen LogP contribution in [0.3, 0.4) is 0 Å². The van der Waals surface area contributed by atoms with Crippen LogP contribution in [0.2, 0.25) is 0 Å². The Labute approximate surface area is 127 Å². The van der Waals surface area contributed by atoms with Crippen LogP contribution in [-0.4, -0.2) is 10.9 Å². The van der Waals surface area contributed by atoms with Gasteiger partial charge < -0.3 is 5.32 Å². The van der Waals surface area contributed by atoms with Gasteiger partial charge in [0.25, 0.3) is 5.91 Å². The van der Waals surface area contributed by atoms with Gasteiger partial charge in [0, 0.05) is 23.0 Å². The van der Waals surface area contributed by atoms with Crippen molar-refractivity contribution >= 4 is 34.1 Å². The lowest BCUT2D eigenvalue weighted by Gasteiger charge is -2.09. The van der Waals surface area contributed by atoms with Crippen molar-refractivity contribution < 1.29 is 4.79 Å². The summed E-state index contributed by atoms with van der Waals surface area (Å²) < 4.78 is 0. The first-order chi connectivity index (χ1) is 10.3. The van der Waals surface area contributed by atoms with Gasteiger partial charge in [-0.1, -0.05) is 18.2 Å². The third kappa shape index (κ3) is 2.88. The van der Waals surface area contributed by atoms with Gasteiger partial charge in [-0.25, -0.2) is 0 Å². The second-order valence-corrected chi connectivity index (χ2v) is 4.93. The molecule has 0 fully saturated rings. The first-order valence-corrected chi connectivity index (χ1v) is 7.11. The summed E-state index contributed by atoms with van der Waals surface area (Å²) in [6, 6.07) is 16.7. The first-order valence-electron chi connectivity index (χ1n) is 6.58. The monoisotopic (exact) mass is 296 g/mol. The van der Waals surface area contributed by atoms with Crippen LogP contribution in [0.15, 0.2) is 60.8 Å². The normalized spacial score (nSPS) is 10.5. The molecule has 2 aromatic carbocycles. The minimum absolute atomic E-state index is 0.154. The molecule has 1 aromatic heterocycles. The van der Waals surface area contributed by atoms with E-state index < -0.39 is 0 Å². The van der Waals surface area contributed by atoms with Crippen molar-refractivity contribution in [3.05, 3.63) is 71.9 Å². The predicted octanol–water partition coefficient (Wildman–Crippen LogP) is 4.23. The van der Waals surface area contributed by atoms with Crippen molar-refractivity contribution in [3.8, 4) is 0 Å². The van der Waals surface area contributed by atoms with Gasteiger partial charge in [-0.3, -0.25) is 9.78 Å². The van der Waals surface area contributed by atoms with Gasteiger partial charge in [0.2, 0.25) is 0 Å². The Morgan fingerprint density at radius 1 is 1.10 bits per heavy atom. The average molecular weight is 297 g/mol. The Balaban J connectivity index is 1.93. The van der Waals surface area contributed by atoms with E-state index in [9.17, 15) is 4.79 Å². The van der Waals surface area contributed by atoms with Gasteiger partial charge in [0.15, 0.2) is 0 Å². The number of anilines is 1. The number of carbonyl (C=O) groups is 1. The number of pyridine rings is 1. The highest BCUT2D eigenvalue weighted by Crippen LogP contribution is 2.22. The van der Waals surface area contributed by atoms with E-state index in [0.717, 1.165) is 22.2 Å². The fourth-order valence-electron chi connectivity index (χ4n) is 2.20. The van der Waals surface area contributed by atoms with Crippen molar-refractivity contribution in [2.24, 2.45) is 0 Å². The lowest BCUT2D eigenvalue weighted by atomic mass is 10.1. The van der Waals surface area contributed by atoms with Gasteiger partial charge in [-0.05, 0) is 42.0 Å². The molecular weight excluding hydrogens is 284 g/mol. The highest BCUT2D eigenvalue weighted by Gasteiger charge is 2.09. The summed E-state index contributed by atoms with van der Waals surface area (Å²) in [4.78, 5) is 16.6. The van der Waals surface area contributed by atoms with Crippen LogP contribution in [0, 0.1) is 0 Å². The van der Waals surface area contributed by atoms with Crippen LogP contribution in [0.1, 0.15) is 15.9 Å². The number of nitrogens with one attached hydrogen (secondary N) is 1. The molecule has 21 heavy (non-hydrogen) atoms. The zero-order chi connectivity index (χ0) is 14.7. The third-order valence-electron chi connectivity index (χ3n) is 3.24. The van der Waals surface area contributed by atoms with Crippen LogP contribution < -0.4 is 5.32 Å². The number of halogens is 1. The number of nitrogens with zero attached hydrogens (tertiary/aromatic N) is 1. The molecule has 0 radical (unpaired) electrons. The molecule has 0 saturated carbocycles. The molecular formula is C17H13ClN2O. The maximum absolute atomic E-state index is 12.4. The number of benzene rings is 2. The number of carbonyl (C=O) groups excluding carboxylic acids is 1. The van der Waals surface area contributed by atoms with E-state index in [-0.39, 0.29) is 5.91 Å². The van der Waals surface area contributed by atoms with Gasteiger partial charge in [-0.15, -0.1) is 11.6 Å². The minimum atomic E-state index is -0.154. The number of alkyl halides is 1. The molecule has 0 aliphatic carbocycles. The third-order valence-corrected chi connectivity index (χ3v) is 3.55. The average Bonchev–Trinajstić information content (AvgIpc) is 2.55. The van der Waals surface area contributed by atoms with E-state index >= 15 is 0 Å². The van der Waals surface area contributed by atoms with Crippen LogP contribution >= 0.6 is 11.6 Å². The van der Waals surface area contributed by atoms with Crippen molar-refractivity contribution in [3.63, 3.8) is 0 Å². The van der Waals surface area contributed by atoms with E-state index in [1.807, 2.05) is 42.5 Å². The van der Waals surface area contributed by atoms with Gasteiger partial charge >= 0.3 is 0 Å². The standard InChI is InChI=1S/C17H13ClN2O/c18-11-12-4-1-5-13(10-12)17(21)20-16-8-2-7-15-14(16)6-3-9-19-15/h1-10H,11H2,(H,20,21). The molecule has 0 aliphatic rings. The van der Waals surface area contributed by atoms with E-state index in [4.69, 9.17) is 11.6 Å². The maximum Gasteiger partial charge on any atom is 0.255 e. The summed E-state index contributed by atoms with van der Waals surface area (Å²) >= 11 is 5.80. The molecule has 3 rings (SSSR count). The Kier molecular flexibility index (Phi) is 3.84. The lowest BCUT2D eigenvalue weighted by Crippen LogP contribution is -2.12. The molecule has 104 valence electrons. The number of hydrogen-bond donors (Lipinski definition) is 1. The zero-order valence-electron chi connectivity index (χ0n) is 11.2. The van der Waals surface area contributed by atoms with Crippen LogP contribution in [-0.2, 0) is 5.88 Å².